The van der Waals surface area contributed by atoms with Crippen LogP contribution in [0.3, 0.4) is 0 Å². The highest BCUT2D eigenvalue weighted by Crippen LogP contribution is 2.20. The molecule has 0 amide bonds. The maximum absolute atomic E-state index is 5.10. The fraction of sp³-hybridized carbons (Fsp3) is 0.100. The van der Waals surface area contributed by atoms with Crippen LogP contribution >= 0.6 is 0 Å². The molecule has 2 rings (SSSR count). The molecule has 0 bridgehead atoms. The van der Waals surface area contributed by atoms with Crippen LogP contribution in [0, 0.1) is 6.07 Å². The number of nitrogens with zero attached hydrogens (tertiary/aromatic N) is 1. The lowest BCUT2D eigenvalue weighted by Crippen LogP contribution is -1.87. The molecule has 0 atom stereocenters. The number of fused-ring (bicyclic) bond motifs is 1. The molecular weight excluding hydrogens is 150 g/mol. The van der Waals surface area contributed by atoms with Crippen molar-refractivity contribution >= 4 is 10.8 Å². The van der Waals surface area contributed by atoms with E-state index in [2.05, 4.69) is 11.1 Å². The summed E-state index contributed by atoms with van der Waals surface area (Å²) in [7, 11) is 1.62. The second kappa shape index (κ2) is 2.81. The van der Waals surface area contributed by atoms with Gasteiger partial charge in [-0.05, 0) is 11.5 Å². The van der Waals surface area contributed by atoms with Crippen molar-refractivity contribution in [1.82, 2.24) is 4.98 Å². The predicted octanol–water partition coefficient (Wildman–Crippen LogP) is 2.04. The molecule has 1 aromatic heterocycles. The van der Waals surface area contributed by atoms with Crippen LogP contribution in [0.4, 0.5) is 0 Å². The molecule has 0 aliphatic carbocycles. The summed E-state index contributed by atoms with van der Waals surface area (Å²) in [6.45, 7) is 0. The van der Waals surface area contributed by atoms with E-state index in [4.69, 9.17) is 4.74 Å². The zero-order valence-electron chi connectivity index (χ0n) is 6.74. The fourth-order valence-electron chi connectivity index (χ4n) is 1.19. The van der Waals surface area contributed by atoms with E-state index in [-0.39, 0.29) is 0 Å². The first-order valence-electron chi connectivity index (χ1n) is 3.71. The smallest absolute Gasteiger partial charge is 0.221 e. The van der Waals surface area contributed by atoms with Gasteiger partial charge in [0.1, 0.15) is 0 Å². The van der Waals surface area contributed by atoms with Crippen LogP contribution in [-0.2, 0) is 0 Å². The zero-order chi connectivity index (χ0) is 8.39. The van der Waals surface area contributed by atoms with E-state index >= 15 is 0 Å². The van der Waals surface area contributed by atoms with E-state index < -0.39 is 0 Å². The molecule has 59 valence electrons. The number of rotatable bonds is 1. The zero-order valence-corrected chi connectivity index (χ0v) is 6.74. The van der Waals surface area contributed by atoms with Gasteiger partial charge in [0.15, 0.2) is 0 Å². The Labute approximate surface area is 70.8 Å². The van der Waals surface area contributed by atoms with Gasteiger partial charge in [-0.25, -0.2) is 4.98 Å². The number of aromatic nitrogens is 1. The van der Waals surface area contributed by atoms with Gasteiger partial charge in [-0.15, -0.1) is 0 Å². The Kier molecular flexibility index (Phi) is 1.67. The van der Waals surface area contributed by atoms with Gasteiger partial charge in [-0.3, -0.25) is 0 Å². The average molecular weight is 158 g/mol. The quantitative estimate of drug-likeness (QED) is 0.633. The van der Waals surface area contributed by atoms with E-state index in [1.165, 1.54) is 0 Å². The number of hydrogen-bond acceptors (Lipinski definition) is 2. The molecule has 1 radical (unpaired) electrons. The molecule has 0 unspecified atom stereocenters. The molecule has 0 saturated heterocycles. The molecule has 0 aliphatic heterocycles. The Balaban J connectivity index is 2.79. The summed E-state index contributed by atoms with van der Waals surface area (Å²) in [5.41, 5.74) is 0. The monoisotopic (exact) mass is 158 g/mol. The van der Waals surface area contributed by atoms with E-state index in [0.29, 0.717) is 5.88 Å². The van der Waals surface area contributed by atoms with Gasteiger partial charge in [-0.2, -0.15) is 0 Å². The Bertz CT molecular complexity index is 392. The van der Waals surface area contributed by atoms with Crippen LogP contribution in [0.1, 0.15) is 0 Å². The molecule has 0 fully saturated rings. The molecule has 0 aliphatic rings. The van der Waals surface area contributed by atoms with E-state index in [0.717, 1.165) is 10.8 Å². The molecule has 2 heteroatoms. The Morgan fingerprint density at radius 3 is 3.00 bits per heavy atom. The van der Waals surface area contributed by atoms with Crippen LogP contribution in [0.25, 0.3) is 10.8 Å². The van der Waals surface area contributed by atoms with Crippen LogP contribution in [-0.4, -0.2) is 12.1 Å². The minimum atomic E-state index is 0.657. The van der Waals surface area contributed by atoms with Crippen molar-refractivity contribution < 1.29 is 4.74 Å². The summed E-state index contributed by atoms with van der Waals surface area (Å²) in [6, 6.07) is 10.9. The average Bonchev–Trinajstić information content (AvgIpc) is 2.17. The van der Waals surface area contributed by atoms with Gasteiger partial charge >= 0.3 is 0 Å². The standard InChI is InChI=1S/C10H8NO/c1-12-10-9-5-3-2-4-8(9)6-7-11-10/h2-5,7H,1H3. The summed E-state index contributed by atoms with van der Waals surface area (Å²) < 4.78 is 5.10. The van der Waals surface area contributed by atoms with Gasteiger partial charge < -0.3 is 4.74 Å². The number of pyridine rings is 1. The van der Waals surface area contributed by atoms with Crippen molar-refractivity contribution in [2.75, 3.05) is 7.11 Å². The van der Waals surface area contributed by atoms with Gasteiger partial charge in [0.2, 0.25) is 5.88 Å². The summed E-state index contributed by atoms with van der Waals surface area (Å²) >= 11 is 0. The molecule has 0 spiro atoms. The van der Waals surface area contributed by atoms with Crippen molar-refractivity contribution in [2.45, 2.75) is 0 Å². The summed E-state index contributed by atoms with van der Waals surface area (Å²) in [6.07, 6.45) is 1.63. The topological polar surface area (TPSA) is 22.1 Å². The third-order valence-electron chi connectivity index (χ3n) is 1.75. The van der Waals surface area contributed by atoms with Gasteiger partial charge in [0.05, 0.1) is 7.11 Å². The molecule has 0 N–H and O–H groups in total. The molecule has 1 aromatic carbocycles. The third-order valence-corrected chi connectivity index (χ3v) is 1.75. The van der Waals surface area contributed by atoms with Crippen LogP contribution in [0.2, 0.25) is 0 Å². The highest BCUT2D eigenvalue weighted by molar-refractivity contribution is 5.85. The largest absolute Gasteiger partial charge is 0.481 e. The Hall–Kier alpha value is -1.57. The number of ether oxygens (including phenoxy) is 1. The van der Waals surface area contributed by atoms with Crippen molar-refractivity contribution in [3.63, 3.8) is 0 Å². The maximum atomic E-state index is 5.10. The van der Waals surface area contributed by atoms with E-state index in [1.807, 2.05) is 24.3 Å². The van der Waals surface area contributed by atoms with Crippen molar-refractivity contribution in [3.8, 4) is 5.88 Å². The second-order valence-electron chi connectivity index (χ2n) is 2.46. The highest BCUT2D eigenvalue weighted by Gasteiger charge is 1.99. The Morgan fingerprint density at radius 2 is 2.17 bits per heavy atom. The molecule has 12 heavy (non-hydrogen) atoms. The van der Waals surface area contributed by atoms with Crippen molar-refractivity contribution in [2.24, 2.45) is 0 Å². The lowest BCUT2D eigenvalue weighted by molar-refractivity contribution is 0.403. The lowest BCUT2D eigenvalue weighted by Gasteiger charge is -2.01. The minimum absolute atomic E-state index is 0.657. The van der Waals surface area contributed by atoms with Gasteiger partial charge in [0, 0.05) is 17.6 Å². The SMILES string of the molecule is COc1nc[c]c2ccccc12. The number of methoxy groups -OCH3 is 1. The summed E-state index contributed by atoms with van der Waals surface area (Å²) in [4.78, 5) is 4.05. The molecule has 1 heterocycles. The summed E-state index contributed by atoms with van der Waals surface area (Å²) in [5, 5.41) is 2.03. The first-order valence-corrected chi connectivity index (χ1v) is 3.71. The third kappa shape index (κ3) is 1.01. The van der Waals surface area contributed by atoms with Crippen LogP contribution < -0.4 is 4.74 Å². The highest BCUT2D eigenvalue weighted by atomic mass is 16.5. The van der Waals surface area contributed by atoms with Crippen molar-refractivity contribution in [3.05, 3.63) is 36.5 Å². The molecule has 0 saturated carbocycles. The van der Waals surface area contributed by atoms with E-state index in [9.17, 15) is 0 Å². The lowest BCUT2D eigenvalue weighted by atomic mass is 10.2. The molecular formula is C10H8NO. The van der Waals surface area contributed by atoms with Crippen LogP contribution in [0.5, 0.6) is 5.88 Å². The van der Waals surface area contributed by atoms with Gasteiger partial charge in [0.25, 0.3) is 0 Å². The molecule has 2 aromatic rings. The van der Waals surface area contributed by atoms with Crippen LogP contribution in [0.15, 0.2) is 30.5 Å². The normalized spacial score (nSPS) is 10.1. The molecule has 2 nitrogen and oxygen atoms in total. The second-order valence-corrected chi connectivity index (χ2v) is 2.46. The first kappa shape index (κ1) is 7.10. The fourth-order valence-corrected chi connectivity index (χ4v) is 1.19. The minimum Gasteiger partial charge on any atom is -0.481 e. The maximum Gasteiger partial charge on any atom is 0.221 e. The number of benzene rings is 1. The van der Waals surface area contributed by atoms with E-state index in [1.54, 1.807) is 13.3 Å². The Morgan fingerprint density at radius 1 is 1.33 bits per heavy atom. The predicted molar refractivity (Wildman–Crippen MR) is 47.1 cm³/mol. The van der Waals surface area contributed by atoms with Crippen molar-refractivity contribution in [1.29, 1.82) is 0 Å². The summed E-state index contributed by atoms with van der Waals surface area (Å²) in [5.74, 6) is 0.657. The first-order chi connectivity index (χ1) is 5.92. The van der Waals surface area contributed by atoms with Gasteiger partial charge in [-0.1, -0.05) is 18.2 Å². The number of hydrogen-bond donors (Lipinski definition) is 0.